The van der Waals surface area contributed by atoms with Crippen LogP contribution in [0.2, 0.25) is 0 Å². The average Bonchev–Trinajstić information content (AvgIpc) is 2.89. The maximum absolute atomic E-state index is 14.3. The van der Waals surface area contributed by atoms with Crippen molar-refractivity contribution < 1.29 is 33.8 Å². The number of carbonyl (C=O) groups is 4. The molecule has 228 valence electrons. The summed E-state index contributed by atoms with van der Waals surface area (Å²) in [5, 5.41) is 15.2. The second kappa shape index (κ2) is 15.6. The number of phenols is 1. The number of benzene rings is 2. The molecule has 2 aromatic rings. The van der Waals surface area contributed by atoms with Crippen LogP contribution in [0.1, 0.15) is 62.4 Å². The third-order valence-electron chi connectivity index (χ3n) is 6.19. The summed E-state index contributed by atoms with van der Waals surface area (Å²) in [4.78, 5) is 54.1. The Morgan fingerprint density at radius 3 is 2.31 bits per heavy atom. The van der Waals surface area contributed by atoms with Crippen LogP contribution in [0.4, 0.5) is 4.79 Å². The van der Waals surface area contributed by atoms with Crippen LogP contribution in [0, 0.1) is 13.8 Å². The molecule has 0 saturated carbocycles. The van der Waals surface area contributed by atoms with Crippen molar-refractivity contribution in [3.05, 3.63) is 77.4 Å². The number of amides is 3. The van der Waals surface area contributed by atoms with Crippen molar-refractivity contribution in [2.75, 3.05) is 19.7 Å². The Morgan fingerprint density at radius 1 is 1.07 bits per heavy atom. The first-order valence-electron chi connectivity index (χ1n) is 13.9. The standard InChI is InChI=1S/C32H43N3O7/c1-8-18-35(28(25-15-10-21(3)19-22(25)4)29(38)33-17-16-27(37)41-9-2)30(39)26(34-31(40)42-32(5,6)7)20-23-11-13-24(36)14-12-23/h8,10-15,19,26,28,36H,1,9,16-18,20H2,2-7H3,(H,33,38)(H,34,40). The first kappa shape index (κ1) is 33.9. The van der Waals surface area contributed by atoms with Gasteiger partial charge in [0.25, 0.3) is 0 Å². The Hall–Kier alpha value is -4.34. The van der Waals surface area contributed by atoms with Gasteiger partial charge in [-0.1, -0.05) is 42.0 Å². The summed E-state index contributed by atoms with van der Waals surface area (Å²) < 4.78 is 10.4. The molecule has 3 amide bonds. The summed E-state index contributed by atoms with van der Waals surface area (Å²) in [7, 11) is 0. The molecule has 3 N–H and O–H groups in total. The Bertz CT molecular complexity index is 1250. The molecule has 42 heavy (non-hydrogen) atoms. The molecule has 0 fully saturated rings. The van der Waals surface area contributed by atoms with E-state index in [1.165, 1.54) is 23.1 Å². The van der Waals surface area contributed by atoms with Crippen molar-refractivity contribution in [2.45, 2.75) is 72.1 Å². The number of aryl methyl sites for hydroxylation is 2. The normalized spacial score (nSPS) is 12.4. The minimum atomic E-state index is -1.12. The van der Waals surface area contributed by atoms with Gasteiger partial charge in [0.15, 0.2) is 0 Å². The summed E-state index contributed by atoms with van der Waals surface area (Å²) >= 11 is 0. The van der Waals surface area contributed by atoms with Gasteiger partial charge in [-0.05, 0) is 70.4 Å². The SMILES string of the molecule is C=CCN(C(=O)C(Cc1ccc(O)cc1)NC(=O)OC(C)(C)C)C(C(=O)NCCC(=O)OCC)c1ccc(C)cc1C. The van der Waals surface area contributed by atoms with Crippen molar-refractivity contribution in [3.8, 4) is 5.75 Å². The van der Waals surface area contributed by atoms with Gasteiger partial charge in [-0.2, -0.15) is 0 Å². The van der Waals surface area contributed by atoms with E-state index >= 15 is 0 Å². The molecule has 0 heterocycles. The van der Waals surface area contributed by atoms with Gasteiger partial charge >= 0.3 is 12.1 Å². The van der Waals surface area contributed by atoms with Crippen LogP contribution in [-0.2, 0) is 30.3 Å². The first-order valence-corrected chi connectivity index (χ1v) is 13.9. The lowest BCUT2D eigenvalue weighted by molar-refractivity contribution is -0.144. The predicted octanol–water partition coefficient (Wildman–Crippen LogP) is 4.27. The summed E-state index contributed by atoms with van der Waals surface area (Å²) in [5.41, 5.74) is 2.22. The van der Waals surface area contributed by atoms with Crippen molar-refractivity contribution >= 4 is 23.9 Å². The van der Waals surface area contributed by atoms with Gasteiger partial charge in [0, 0.05) is 19.5 Å². The summed E-state index contributed by atoms with van der Waals surface area (Å²) in [6.45, 7) is 14.6. The van der Waals surface area contributed by atoms with Crippen LogP contribution in [0.5, 0.6) is 5.75 Å². The fourth-order valence-corrected chi connectivity index (χ4v) is 4.38. The van der Waals surface area contributed by atoms with Gasteiger partial charge in [0.05, 0.1) is 13.0 Å². The second-order valence-electron chi connectivity index (χ2n) is 11.0. The van der Waals surface area contributed by atoms with Crippen LogP contribution in [0.25, 0.3) is 0 Å². The monoisotopic (exact) mass is 581 g/mol. The molecule has 0 saturated heterocycles. The maximum atomic E-state index is 14.3. The fourth-order valence-electron chi connectivity index (χ4n) is 4.38. The summed E-state index contributed by atoms with van der Waals surface area (Å²) in [5.74, 6) is -1.43. The molecule has 0 aliphatic rings. The molecule has 0 aromatic heterocycles. The molecular formula is C32H43N3O7. The number of alkyl carbamates (subject to hydrolysis) is 1. The largest absolute Gasteiger partial charge is 0.508 e. The number of ether oxygens (including phenoxy) is 2. The number of nitrogens with zero attached hydrogens (tertiary/aromatic N) is 1. The molecule has 2 atom stereocenters. The van der Waals surface area contributed by atoms with Crippen molar-refractivity contribution in [2.24, 2.45) is 0 Å². The lowest BCUT2D eigenvalue weighted by atomic mass is 9.95. The van der Waals surface area contributed by atoms with Gasteiger partial charge in [0.1, 0.15) is 23.4 Å². The fraction of sp³-hybridized carbons (Fsp3) is 0.438. The second-order valence-corrected chi connectivity index (χ2v) is 11.0. The molecule has 2 unspecified atom stereocenters. The van der Waals surface area contributed by atoms with Gasteiger partial charge in [-0.25, -0.2) is 4.79 Å². The lowest BCUT2D eigenvalue weighted by Gasteiger charge is -2.34. The van der Waals surface area contributed by atoms with Crippen LogP contribution < -0.4 is 10.6 Å². The van der Waals surface area contributed by atoms with Gasteiger partial charge in [-0.3, -0.25) is 14.4 Å². The van der Waals surface area contributed by atoms with Crippen LogP contribution in [-0.4, -0.2) is 65.2 Å². The van der Waals surface area contributed by atoms with E-state index in [1.54, 1.807) is 45.9 Å². The molecule has 2 rings (SSSR count). The van der Waals surface area contributed by atoms with E-state index in [0.717, 1.165) is 11.1 Å². The third kappa shape index (κ3) is 10.6. The number of phenolic OH excluding ortho intramolecular Hbond substituents is 1. The van der Waals surface area contributed by atoms with E-state index in [0.29, 0.717) is 11.1 Å². The molecule has 10 nitrogen and oxygen atoms in total. The average molecular weight is 582 g/mol. The Balaban J connectivity index is 2.52. The molecule has 0 radical (unpaired) electrons. The molecule has 0 bridgehead atoms. The zero-order chi connectivity index (χ0) is 31.4. The van der Waals surface area contributed by atoms with E-state index in [4.69, 9.17) is 9.47 Å². The van der Waals surface area contributed by atoms with Crippen LogP contribution in [0.3, 0.4) is 0 Å². The van der Waals surface area contributed by atoms with Gasteiger partial charge < -0.3 is 30.1 Å². The number of aromatic hydroxyl groups is 1. The highest BCUT2D eigenvalue weighted by Gasteiger charge is 2.36. The van der Waals surface area contributed by atoms with E-state index in [-0.39, 0.29) is 38.3 Å². The summed E-state index contributed by atoms with van der Waals surface area (Å²) in [6, 6.07) is 9.61. The Kier molecular flexibility index (Phi) is 12.6. The Labute approximate surface area is 248 Å². The third-order valence-corrected chi connectivity index (χ3v) is 6.19. The molecular weight excluding hydrogens is 538 g/mol. The topological polar surface area (TPSA) is 134 Å². The number of nitrogens with one attached hydrogen (secondary N) is 2. The highest BCUT2D eigenvalue weighted by molar-refractivity contribution is 5.92. The molecule has 0 aliphatic carbocycles. The number of rotatable bonds is 13. The maximum Gasteiger partial charge on any atom is 0.408 e. The highest BCUT2D eigenvalue weighted by Crippen LogP contribution is 2.27. The first-order chi connectivity index (χ1) is 19.7. The van der Waals surface area contributed by atoms with Crippen LogP contribution >= 0.6 is 0 Å². The molecule has 2 aromatic carbocycles. The highest BCUT2D eigenvalue weighted by atomic mass is 16.6. The zero-order valence-electron chi connectivity index (χ0n) is 25.4. The quantitative estimate of drug-likeness (QED) is 0.238. The molecule has 0 spiro atoms. The van der Waals surface area contributed by atoms with Crippen molar-refractivity contribution in [1.82, 2.24) is 15.5 Å². The van der Waals surface area contributed by atoms with E-state index in [9.17, 15) is 24.3 Å². The van der Waals surface area contributed by atoms with Crippen LogP contribution in [0.15, 0.2) is 55.1 Å². The van der Waals surface area contributed by atoms with E-state index < -0.39 is 41.6 Å². The van der Waals surface area contributed by atoms with Gasteiger partial charge in [-0.15, -0.1) is 6.58 Å². The number of hydrogen-bond acceptors (Lipinski definition) is 7. The Morgan fingerprint density at radius 2 is 1.74 bits per heavy atom. The number of carbonyl (C=O) groups excluding carboxylic acids is 4. The van der Waals surface area contributed by atoms with Crippen molar-refractivity contribution in [1.29, 1.82) is 0 Å². The smallest absolute Gasteiger partial charge is 0.408 e. The minimum absolute atomic E-state index is 0.00973. The minimum Gasteiger partial charge on any atom is -0.508 e. The molecule has 10 heteroatoms. The predicted molar refractivity (Wildman–Crippen MR) is 160 cm³/mol. The molecule has 0 aliphatic heterocycles. The van der Waals surface area contributed by atoms with Gasteiger partial charge in [0.2, 0.25) is 11.8 Å². The van der Waals surface area contributed by atoms with E-state index in [2.05, 4.69) is 17.2 Å². The summed E-state index contributed by atoms with van der Waals surface area (Å²) in [6.07, 6.45) is 0.750. The zero-order valence-corrected chi connectivity index (χ0v) is 25.4. The van der Waals surface area contributed by atoms with E-state index in [1.807, 2.05) is 26.0 Å². The number of hydrogen-bond donors (Lipinski definition) is 3. The lowest BCUT2D eigenvalue weighted by Crippen LogP contribution is -2.54. The number of esters is 1. The van der Waals surface area contributed by atoms with Crippen molar-refractivity contribution in [3.63, 3.8) is 0 Å².